The zero-order valence-corrected chi connectivity index (χ0v) is 8.28. The van der Waals surface area contributed by atoms with E-state index in [2.05, 4.69) is 25.7 Å². The molecule has 2 heteroatoms. The molecule has 0 heterocycles. The molecule has 1 nitrogen and oxygen atoms in total. The van der Waals surface area contributed by atoms with Crippen LogP contribution in [0, 0.1) is 6.92 Å². The minimum atomic E-state index is 0. The Morgan fingerprint density at radius 2 is 1.62 bits per heavy atom. The molecule has 0 N–H and O–H groups in total. The second-order valence-electron chi connectivity index (χ2n) is 1.53. The van der Waals surface area contributed by atoms with Crippen molar-refractivity contribution in [3.8, 4) is 0 Å². The number of rotatable bonds is 3. The molecule has 8 heavy (non-hydrogen) atoms. The molecule has 0 unspecified atom stereocenters. The van der Waals surface area contributed by atoms with Gasteiger partial charge in [0.15, 0.2) is 0 Å². The quantitative estimate of drug-likeness (QED) is 0.315. The van der Waals surface area contributed by atoms with E-state index in [1.165, 1.54) is 0 Å². The fourth-order valence-electron chi connectivity index (χ4n) is 0.540. The molecule has 0 amide bonds. The average molecular weight is 123 g/mol. The van der Waals surface area contributed by atoms with Gasteiger partial charge in [-0.2, -0.15) is 0 Å². The Hall–Kier alpha value is 0.960. The van der Waals surface area contributed by atoms with Crippen molar-refractivity contribution in [3.63, 3.8) is 0 Å². The first kappa shape index (κ1) is 11.7. The van der Waals surface area contributed by atoms with Crippen molar-refractivity contribution in [2.75, 3.05) is 19.6 Å². The zero-order chi connectivity index (χ0) is 5.70. The van der Waals surface area contributed by atoms with Crippen LogP contribution in [0.2, 0.25) is 0 Å². The molecular weight excluding hydrogens is 109 g/mol. The summed E-state index contributed by atoms with van der Waals surface area (Å²) < 4.78 is 0. The van der Waals surface area contributed by atoms with Gasteiger partial charge in [-0.15, -0.1) is 6.54 Å². The van der Waals surface area contributed by atoms with Gasteiger partial charge < -0.3 is 11.8 Å². The molecule has 0 radical (unpaired) electrons. The second kappa shape index (κ2) is 7.96. The van der Waals surface area contributed by atoms with Crippen LogP contribution in [0.1, 0.15) is 13.8 Å². The predicted octanol–water partition coefficient (Wildman–Crippen LogP) is -1.83. The molecule has 0 aromatic rings. The summed E-state index contributed by atoms with van der Waals surface area (Å²) in [5.41, 5.74) is 0. The summed E-state index contributed by atoms with van der Waals surface area (Å²) >= 11 is 0. The third-order valence-corrected chi connectivity index (χ3v) is 1.21. The first-order valence-electron chi connectivity index (χ1n) is 2.86. The van der Waals surface area contributed by atoms with Crippen LogP contribution in [0.5, 0.6) is 0 Å². The van der Waals surface area contributed by atoms with Crippen molar-refractivity contribution in [2.45, 2.75) is 13.8 Å². The molecule has 0 aliphatic carbocycles. The zero-order valence-electron chi connectivity index (χ0n) is 6.28. The van der Waals surface area contributed by atoms with Crippen molar-refractivity contribution in [1.29, 1.82) is 0 Å². The molecule has 0 bridgehead atoms. The van der Waals surface area contributed by atoms with Crippen molar-refractivity contribution in [3.05, 3.63) is 6.92 Å². The standard InChI is InChI=1S/C6H14N.Na/c1-4-7(5-2)6-3;/h1,4-6H2,2-3H3;/q-1;+1. The summed E-state index contributed by atoms with van der Waals surface area (Å²) in [5.74, 6) is 0. The first-order valence-corrected chi connectivity index (χ1v) is 2.86. The molecule has 0 fully saturated rings. The van der Waals surface area contributed by atoms with Crippen LogP contribution in [0.3, 0.4) is 0 Å². The van der Waals surface area contributed by atoms with Crippen molar-refractivity contribution in [1.82, 2.24) is 4.90 Å². The third kappa shape index (κ3) is 5.10. The van der Waals surface area contributed by atoms with Gasteiger partial charge in [0.25, 0.3) is 0 Å². The summed E-state index contributed by atoms with van der Waals surface area (Å²) in [7, 11) is 0. The smallest absolute Gasteiger partial charge is 0.333 e. The molecule has 0 aromatic carbocycles. The molecule has 0 saturated heterocycles. The van der Waals surface area contributed by atoms with Crippen LogP contribution >= 0.6 is 0 Å². The van der Waals surface area contributed by atoms with Gasteiger partial charge in [0, 0.05) is 0 Å². The minimum absolute atomic E-state index is 0. The number of hydrogen-bond acceptors (Lipinski definition) is 1. The number of hydrogen-bond donors (Lipinski definition) is 0. The largest absolute Gasteiger partial charge is 1.00 e. The molecule has 0 rings (SSSR count). The predicted molar refractivity (Wildman–Crippen MR) is 33.1 cm³/mol. The van der Waals surface area contributed by atoms with Gasteiger partial charge in [0.1, 0.15) is 0 Å². The SMILES string of the molecule is [CH2-]CN(CC)CC.[Na+]. The minimum Gasteiger partial charge on any atom is -0.333 e. The summed E-state index contributed by atoms with van der Waals surface area (Å²) in [6, 6.07) is 0. The molecule has 0 atom stereocenters. The first-order chi connectivity index (χ1) is 3.35. The summed E-state index contributed by atoms with van der Waals surface area (Å²) in [4.78, 5) is 2.26. The third-order valence-electron chi connectivity index (χ3n) is 1.21. The molecule has 0 spiro atoms. The van der Waals surface area contributed by atoms with Crippen molar-refractivity contribution >= 4 is 0 Å². The van der Waals surface area contributed by atoms with E-state index in [9.17, 15) is 0 Å². The van der Waals surface area contributed by atoms with E-state index < -0.39 is 0 Å². The average Bonchev–Trinajstić information content (AvgIpc) is 1.72. The van der Waals surface area contributed by atoms with Crippen LogP contribution in [-0.4, -0.2) is 24.5 Å². The maximum absolute atomic E-state index is 3.75. The summed E-state index contributed by atoms with van der Waals surface area (Å²) in [5, 5.41) is 0. The fraction of sp³-hybridized carbons (Fsp3) is 0.833. The molecule has 0 saturated carbocycles. The van der Waals surface area contributed by atoms with Crippen LogP contribution in [-0.2, 0) is 0 Å². The Kier molecular flexibility index (Phi) is 11.7. The molecule has 44 valence electrons. The van der Waals surface area contributed by atoms with Gasteiger partial charge in [-0.1, -0.05) is 13.8 Å². The van der Waals surface area contributed by atoms with Crippen molar-refractivity contribution < 1.29 is 29.6 Å². The summed E-state index contributed by atoms with van der Waals surface area (Å²) in [6.45, 7) is 11.2. The molecule has 0 aliphatic heterocycles. The van der Waals surface area contributed by atoms with E-state index in [0.29, 0.717) is 0 Å². The monoisotopic (exact) mass is 123 g/mol. The van der Waals surface area contributed by atoms with E-state index in [4.69, 9.17) is 0 Å². The van der Waals surface area contributed by atoms with E-state index in [1.807, 2.05) is 0 Å². The van der Waals surface area contributed by atoms with Crippen molar-refractivity contribution in [2.24, 2.45) is 0 Å². The Morgan fingerprint density at radius 3 is 1.62 bits per heavy atom. The second-order valence-corrected chi connectivity index (χ2v) is 1.53. The van der Waals surface area contributed by atoms with E-state index >= 15 is 0 Å². The van der Waals surface area contributed by atoms with Crippen LogP contribution in [0.4, 0.5) is 0 Å². The van der Waals surface area contributed by atoms with E-state index in [1.54, 1.807) is 0 Å². The van der Waals surface area contributed by atoms with E-state index in [-0.39, 0.29) is 29.6 Å². The Balaban J connectivity index is 0. The summed E-state index contributed by atoms with van der Waals surface area (Å²) in [6.07, 6.45) is 0. The topological polar surface area (TPSA) is 3.24 Å². The van der Waals surface area contributed by atoms with Gasteiger partial charge in [-0.3, -0.25) is 0 Å². The van der Waals surface area contributed by atoms with Crippen LogP contribution < -0.4 is 29.6 Å². The molecule has 0 aromatic heterocycles. The van der Waals surface area contributed by atoms with E-state index in [0.717, 1.165) is 19.6 Å². The molecule has 0 aliphatic rings. The Bertz CT molecular complexity index is 30.0. The van der Waals surface area contributed by atoms with Gasteiger partial charge in [0.2, 0.25) is 0 Å². The van der Waals surface area contributed by atoms with Gasteiger partial charge in [-0.05, 0) is 13.1 Å². The van der Waals surface area contributed by atoms with Crippen LogP contribution in [0.15, 0.2) is 0 Å². The number of nitrogens with zero attached hydrogens (tertiary/aromatic N) is 1. The van der Waals surface area contributed by atoms with Crippen LogP contribution in [0.25, 0.3) is 0 Å². The molecular formula is C6H14NNa. The maximum Gasteiger partial charge on any atom is 1.00 e. The normalized spacial score (nSPS) is 9.00. The Morgan fingerprint density at radius 1 is 1.25 bits per heavy atom. The van der Waals surface area contributed by atoms with Gasteiger partial charge >= 0.3 is 29.6 Å². The fourth-order valence-corrected chi connectivity index (χ4v) is 0.540. The Labute approximate surface area is 74.7 Å². The van der Waals surface area contributed by atoms with Gasteiger partial charge in [0.05, 0.1) is 0 Å². The maximum atomic E-state index is 3.75. The van der Waals surface area contributed by atoms with Gasteiger partial charge in [-0.25, -0.2) is 0 Å².